The number of H-pyrrole nitrogens is 1. The maximum Gasteiger partial charge on any atom is 0.265 e. The third-order valence-corrected chi connectivity index (χ3v) is 3.25. The highest BCUT2D eigenvalue weighted by atomic mass is 79.9. The summed E-state index contributed by atoms with van der Waals surface area (Å²) in [6, 6.07) is 0. The van der Waals surface area contributed by atoms with Gasteiger partial charge in [-0.3, -0.25) is 4.79 Å². The number of aromatic amines is 1. The molecule has 0 radical (unpaired) electrons. The van der Waals surface area contributed by atoms with Gasteiger partial charge in [0.1, 0.15) is 10.3 Å². The van der Waals surface area contributed by atoms with Crippen molar-refractivity contribution in [2.24, 2.45) is 5.92 Å². The molecule has 1 heterocycles. The van der Waals surface area contributed by atoms with Gasteiger partial charge in [-0.2, -0.15) is 0 Å². The second kappa shape index (κ2) is 6.31. The minimum Gasteiger partial charge on any atom is -0.384 e. The molecule has 1 aromatic heterocycles. The van der Waals surface area contributed by atoms with E-state index in [4.69, 9.17) is 4.74 Å². The molecule has 1 rings (SSSR count). The molecule has 0 fully saturated rings. The number of aromatic nitrogens is 2. The molecule has 0 aliphatic carbocycles. The van der Waals surface area contributed by atoms with Crippen LogP contribution in [0, 0.1) is 5.92 Å². The van der Waals surface area contributed by atoms with Gasteiger partial charge in [-0.25, -0.2) is 4.98 Å². The Morgan fingerprint density at radius 1 is 1.41 bits per heavy atom. The minimum atomic E-state index is -0.117. The molecule has 1 atom stereocenters. The first-order chi connectivity index (χ1) is 7.95. The lowest BCUT2D eigenvalue weighted by Crippen LogP contribution is -2.19. The molecule has 4 nitrogen and oxygen atoms in total. The normalized spacial score (nSPS) is 13.1. The summed E-state index contributed by atoms with van der Waals surface area (Å²) >= 11 is 3.29. The predicted molar refractivity (Wildman–Crippen MR) is 71.4 cm³/mol. The zero-order chi connectivity index (χ0) is 13.0. The lowest BCUT2D eigenvalue weighted by molar-refractivity contribution is 0.181. The Labute approximate surface area is 110 Å². The van der Waals surface area contributed by atoms with E-state index in [1.54, 1.807) is 7.11 Å². The van der Waals surface area contributed by atoms with Crippen molar-refractivity contribution in [2.45, 2.75) is 33.1 Å². The fraction of sp³-hybridized carbons (Fsp3) is 0.667. The van der Waals surface area contributed by atoms with Gasteiger partial charge in [0.05, 0.1) is 12.3 Å². The summed E-state index contributed by atoms with van der Waals surface area (Å²) in [4.78, 5) is 19.1. The Bertz CT molecular complexity index is 429. The van der Waals surface area contributed by atoms with Crippen molar-refractivity contribution in [3.05, 3.63) is 26.3 Å². The van der Waals surface area contributed by atoms with Gasteiger partial charge in [0, 0.05) is 13.0 Å². The fourth-order valence-corrected chi connectivity index (χ4v) is 1.96. The van der Waals surface area contributed by atoms with E-state index in [-0.39, 0.29) is 11.5 Å². The average molecular weight is 303 g/mol. The molecule has 0 spiro atoms. The van der Waals surface area contributed by atoms with Crippen LogP contribution in [0.15, 0.2) is 9.27 Å². The van der Waals surface area contributed by atoms with Crippen molar-refractivity contribution in [1.82, 2.24) is 9.97 Å². The van der Waals surface area contributed by atoms with E-state index < -0.39 is 0 Å². The first kappa shape index (κ1) is 14.4. The van der Waals surface area contributed by atoms with Crippen molar-refractivity contribution < 1.29 is 4.74 Å². The van der Waals surface area contributed by atoms with E-state index in [1.165, 1.54) is 0 Å². The van der Waals surface area contributed by atoms with E-state index in [0.717, 1.165) is 12.1 Å². The Hall–Kier alpha value is -0.680. The zero-order valence-electron chi connectivity index (χ0n) is 10.7. The van der Waals surface area contributed by atoms with Crippen LogP contribution in [0.25, 0.3) is 0 Å². The molecule has 0 aliphatic rings. The van der Waals surface area contributed by atoms with Crippen LogP contribution < -0.4 is 5.56 Å². The highest BCUT2D eigenvalue weighted by Gasteiger charge is 2.14. The molecule has 5 heteroatoms. The highest BCUT2D eigenvalue weighted by Crippen LogP contribution is 2.17. The SMILES string of the molecule is COCC(C)c1nc(CC(C)C)c(Br)c(=O)[nH]1. The van der Waals surface area contributed by atoms with Crippen LogP contribution in [0.3, 0.4) is 0 Å². The first-order valence-corrected chi connectivity index (χ1v) is 6.52. The van der Waals surface area contributed by atoms with E-state index in [2.05, 4.69) is 39.7 Å². The van der Waals surface area contributed by atoms with Crippen LogP contribution in [0.2, 0.25) is 0 Å². The number of rotatable bonds is 5. The fourth-order valence-electron chi connectivity index (χ4n) is 1.61. The van der Waals surface area contributed by atoms with Crippen molar-refractivity contribution in [1.29, 1.82) is 0 Å². The number of methoxy groups -OCH3 is 1. The molecule has 1 N–H and O–H groups in total. The maximum atomic E-state index is 11.8. The minimum absolute atomic E-state index is 0.0895. The maximum absolute atomic E-state index is 11.8. The van der Waals surface area contributed by atoms with Crippen LogP contribution in [-0.4, -0.2) is 23.7 Å². The smallest absolute Gasteiger partial charge is 0.265 e. The van der Waals surface area contributed by atoms with Crippen molar-refractivity contribution >= 4 is 15.9 Å². The van der Waals surface area contributed by atoms with Crippen LogP contribution >= 0.6 is 15.9 Å². The van der Waals surface area contributed by atoms with Gasteiger partial charge >= 0.3 is 0 Å². The van der Waals surface area contributed by atoms with Crippen molar-refractivity contribution in [3.8, 4) is 0 Å². The summed E-state index contributed by atoms with van der Waals surface area (Å²) in [6.45, 7) is 6.74. The van der Waals surface area contributed by atoms with E-state index in [0.29, 0.717) is 22.8 Å². The topological polar surface area (TPSA) is 55.0 Å². The second-order valence-corrected chi connectivity index (χ2v) is 5.46. The summed E-state index contributed by atoms with van der Waals surface area (Å²) in [6.07, 6.45) is 0.789. The highest BCUT2D eigenvalue weighted by molar-refractivity contribution is 9.10. The van der Waals surface area contributed by atoms with Gasteiger partial charge in [0.25, 0.3) is 5.56 Å². The van der Waals surface area contributed by atoms with Crippen LogP contribution in [0.5, 0.6) is 0 Å². The second-order valence-electron chi connectivity index (χ2n) is 4.67. The number of halogens is 1. The molecule has 0 saturated carbocycles. The van der Waals surface area contributed by atoms with E-state index in [9.17, 15) is 4.79 Å². The summed E-state index contributed by atoms with van der Waals surface area (Å²) < 4.78 is 5.62. The standard InChI is InChI=1S/C12H19BrN2O2/c1-7(2)5-9-10(13)12(16)15-11(14-9)8(3)6-17-4/h7-8H,5-6H2,1-4H3,(H,14,15,16). The molecule has 17 heavy (non-hydrogen) atoms. The third kappa shape index (κ3) is 3.92. The van der Waals surface area contributed by atoms with E-state index >= 15 is 0 Å². The summed E-state index contributed by atoms with van der Waals surface area (Å²) in [5, 5.41) is 0. The molecular weight excluding hydrogens is 284 g/mol. The molecule has 0 amide bonds. The Kier molecular flexibility index (Phi) is 5.33. The van der Waals surface area contributed by atoms with Crippen molar-refractivity contribution in [3.63, 3.8) is 0 Å². The molecular formula is C12H19BrN2O2. The summed E-state index contributed by atoms with van der Waals surface area (Å²) in [5.41, 5.74) is 0.704. The third-order valence-electron chi connectivity index (χ3n) is 2.43. The predicted octanol–water partition coefficient (Wildman–Crippen LogP) is 2.48. The number of nitrogens with one attached hydrogen (secondary N) is 1. The Morgan fingerprint density at radius 2 is 2.06 bits per heavy atom. The molecule has 0 saturated heterocycles. The monoisotopic (exact) mass is 302 g/mol. The molecule has 0 aromatic carbocycles. The van der Waals surface area contributed by atoms with Gasteiger partial charge in [-0.15, -0.1) is 0 Å². The van der Waals surface area contributed by atoms with Gasteiger partial charge in [-0.05, 0) is 28.3 Å². The van der Waals surface area contributed by atoms with Gasteiger partial charge in [0.2, 0.25) is 0 Å². The average Bonchev–Trinajstić information content (AvgIpc) is 2.24. The lowest BCUT2D eigenvalue weighted by atomic mass is 10.1. The zero-order valence-corrected chi connectivity index (χ0v) is 12.3. The largest absolute Gasteiger partial charge is 0.384 e. The number of hydrogen-bond donors (Lipinski definition) is 1. The van der Waals surface area contributed by atoms with Crippen LogP contribution in [0.1, 0.15) is 38.2 Å². The van der Waals surface area contributed by atoms with E-state index in [1.807, 2.05) is 6.92 Å². The van der Waals surface area contributed by atoms with Crippen LogP contribution in [0.4, 0.5) is 0 Å². The number of hydrogen-bond acceptors (Lipinski definition) is 3. The summed E-state index contributed by atoms with van der Waals surface area (Å²) in [7, 11) is 1.64. The Balaban J connectivity index is 3.09. The number of ether oxygens (including phenoxy) is 1. The molecule has 0 bridgehead atoms. The molecule has 96 valence electrons. The van der Waals surface area contributed by atoms with Gasteiger partial charge in [-0.1, -0.05) is 20.8 Å². The number of nitrogens with zero attached hydrogens (tertiary/aromatic N) is 1. The molecule has 1 aromatic rings. The van der Waals surface area contributed by atoms with Gasteiger partial charge in [0.15, 0.2) is 0 Å². The summed E-state index contributed by atoms with van der Waals surface area (Å²) in [5.74, 6) is 1.24. The van der Waals surface area contributed by atoms with Crippen LogP contribution in [-0.2, 0) is 11.2 Å². The molecule has 0 aliphatic heterocycles. The van der Waals surface area contributed by atoms with Crippen molar-refractivity contribution in [2.75, 3.05) is 13.7 Å². The first-order valence-electron chi connectivity index (χ1n) is 5.73. The Morgan fingerprint density at radius 3 is 2.59 bits per heavy atom. The molecule has 1 unspecified atom stereocenters. The van der Waals surface area contributed by atoms with Gasteiger partial charge < -0.3 is 9.72 Å². The quantitative estimate of drug-likeness (QED) is 0.909. The lowest BCUT2D eigenvalue weighted by Gasteiger charge is -2.12.